The fourth-order valence-electron chi connectivity index (χ4n) is 1.58. The Labute approximate surface area is 122 Å². The van der Waals surface area contributed by atoms with Crippen molar-refractivity contribution in [2.24, 2.45) is 0 Å². The van der Waals surface area contributed by atoms with Gasteiger partial charge in [0.2, 0.25) is 10.0 Å². The lowest BCUT2D eigenvalue weighted by Crippen LogP contribution is -2.31. The SMILES string of the molecule is CCCOc1cccc(CNCCS(=O)(=O)N(C)C)c1. The molecule has 0 heterocycles. The number of ether oxygens (including phenoxy) is 1. The van der Waals surface area contributed by atoms with Crippen molar-refractivity contribution in [2.45, 2.75) is 19.9 Å². The molecule has 1 rings (SSSR count). The minimum Gasteiger partial charge on any atom is -0.494 e. The quantitative estimate of drug-likeness (QED) is 0.701. The van der Waals surface area contributed by atoms with Gasteiger partial charge in [-0.1, -0.05) is 19.1 Å². The first kappa shape index (κ1) is 16.9. The third-order valence-electron chi connectivity index (χ3n) is 2.79. The average molecular weight is 300 g/mol. The molecular formula is C14H24N2O3S. The molecule has 6 heteroatoms. The van der Waals surface area contributed by atoms with Crippen LogP contribution < -0.4 is 10.1 Å². The van der Waals surface area contributed by atoms with E-state index in [1.165, 1.54) is 4.31 Å². The Kier molecular flexibility index (Phi) is 6.98. The first-order valence-electron chi connectivity index (χ1n) is 6.78. The van der Waals surface area contributed by atoms with Gasteiger partial charge in [0, 0.05) is 27.2 Å². The topological polar surface area (TPSA) is 58.6 Å². The summed E-state index contributed by atoms with van der Waals surface area (Å²) in [6.45, 7) is 3.83. The fraction of sp³-hybridized carbons (Fsp3) is 0.571. The third kappa shape index (κ3) is 5.90. The average Bonchev–Trinajstić information content (AvgIpc) is 2.41. The lowest BCUT2D eigenvalue weighted by Gasteiger charge is -2.12. The van der Waals surface area contributed by atoms with Crippen molar-refractivity contribution in [2.75, 3.05) is 33.0 Å². The van der Waals surface area contributed by atoms with Crippen LogP contribution in [0.2, 0.25) is 0 Å². The van der Waals surface area contributed by atoms with Crippen LogP contribution in [0.25, 0.3) is 0 Å². The Morgan fingerprint density at radius 2 is 2.05 bits per heavy atom. The van der Waals surface area contributed by atoms with Gasteiger partial charge in [-0.05, 0) is 24.1 Å². The number of rotatable bonds is 9. The zero-order valence-electron chi connectivity index (χ0n) is 12.4. The van der Waals surface area contributed by atoms with Gasteiger partial charge in [-0.15, -0.1) is 0 Å². The van der Waals surface area contributed by atoms with Crippen molar-refractivity contribution in [1.82, 2.24) is 9.62 Å². The standard InChI is InChI=1S/C14H24N2O3S/c1-4-9-19-14-7-5-6-13(11-14)12-15-8-10-20(17,18)16(2)3/h5-7,11,15H,4,8-10,12H2,1-3H3. The number of nitrogens with one attached hydrogen (secondary N) is 1. The number of hydrogen-bond acceptors (Lipinski definition) is 4. The van der Waals surface area contributed by atoms with Gasteiger partial charge in [0.25, 0.3) is 0 Å². The zero-order valence-corrected chi connectivity index (χ0v) is 13.2. The molecule has 0 aromatic heterocycles. The molecule has 0 saturated heterocycles. The van der Waals surface area contributed by atoms with E-state index in [1.54, 1.807) is 14.1 Å². The molecule has 0 fully saturated rings. The van der Waals surface area contributed by atoms with Gasteiger partial charge in [-0.25, -0.2) is 12.7 Å². The summed E-state index contributed by atoms with van der Waals surface area (Å²) >= 11 is 0. The molecule has 0 aliphatic heterocycles. The first-order valence-corrected chi connectivity index (χ1v) is 8.39. The second-order valence-electron chi connectivity index (χ2n) is 4.77. The van der Waals surface area contributed by atoms with Crippen molar-refractivity contribution in [3.05, 3.63) is 29.8 Å². The Balaban J connectivity index is 2.39. The third-order valence-corrected chi connectivity index (χ3v) is 4.63. The summed E-state index contributed by atoms with van der Waals surface area (Å²) in [6, 6.07) is 7.84. The van der Waals surface area contributed by atoms with E-state index in [9.17, 15) is 8.42 Å². The van der Waals surface area contributed by atoms with E-state index in [0.717, 1.165) is 17.7 Å². The normalized spacial score (nSPS) is 11.8. The molecule has 0 bridgehead atoms. The summed E-state index contributed by atoms with van der Waals surface area (Å²) in [4.78, 5) is 0. The van der Waals surface area contributed by atoms with Crippen molar-refractivity contribution < 1.29 is 13.2 Å². The summed E-state index contributed by atoms with van der Waals surface area (Å²) in [5.41, 5.74) is 1.08. The van der Waals surface area contributed by atoms with Crippen LogP contribution in [0.5, 0.6) is 5.75 Å². The lowest BCUT2D eigenvalue weighted by atomic mass is 10.2. The predicted molar refractivity (Wildman–Crippen MR) is 81.4 cm³/mol. The van der Waals surface area contributed by atoms with Crippen LogP contribution in [0, 0.1) is 0 Å². The summed E-state index contributed by atoms with van der Waals surface area (Å²) in [6.07, 6.45) is 0.977. The van der Waals surface area contributed by atoms with Gasteiger partial charge in [0.05, 0.1) is 12.4 Å². The summed E-state index contributed by atoms with van der Waals surface area (Å²) in [7, 11) is -0.0356. The van der Waals surface area contributed by atoms with Gasteiger partial charge in [0.15, 0.2) is 0 Å². The van der Waals surface area contributed by atoms with Crippen LogP contribution in [-0.4, -0.2) is 45.7 Å². The van der Waals surface area contributed by atoms with Crippen LogP contribution in [0.1, 0.15) is 18.9 Å². The molecule has 1 aromatic rings. The molecule has 5 nitrogen and oxygen atoms in total. The van der Waals surface area contributed by atoms with Crippen molar-refractivity contribution >= 4 is 10.0 Å². The Morgan fingerprint density at radius 1 is 1.30 bits per heavy atom. The summed E-state index contributed by atoms with van der Waals surface area (Å²) in [5.74, 6) is 0.957. The van der Waals surface area contributed by atoms with Crippen LogP contribution in [0.4, 0.5) is 0 Å². The van der Waals surface area contributed by atoms with E-state index in [0.29, 0.717) is 19.7 Å². The fourth-order valence-corrected chi connectivity index (χ4v) is 2.35. The molecule has 0 aliphatic carbocycles. The molecule has 20 heavy (non-hydrogen) atoms. The molecule has 0 unspecified atom stereocenters. The Morgan fingerprint density at radius 3 is 2.70 bits per heavy atom. The number of sulfonamides is 1. The van der Waals surface area contributed by atoms with Crippen molar-refractivity contribution in [3.8, 4) is 5.75 Å². The minimum atomic E-state index is -3.13. The molecule has 0 radical (unpaired) electrons. The molecule has 0 aliphatic rings. The van der Waals surface area contributed by atoms with E-state index in [-0.39, 0.29) is 5.75 Å². The highest BCUT2D eigenvalue weighted by Crippen LogP contribution is 2.13. The van der Waals surface area contributed by atoms with E-state index in [4.69, 9.17) is 4.74 Å². The predicted octanol–water partition coefficient (Wildman–Crippen LogP) is 1.46. The highest BCUT2D eigenvalue weighted by Gasteiger charge is 2.12. The van der Waals surface area contributed by atoms with Gasteiger partial charge < -0.3 is 10.1 Å². The maximum Gasteiger partial charge on any atom is 0.214 e. The van der Waals surface area contributed by atoms with Crippen LogP contribution in [-0.2, 0) is 16.6 Å². The van der Waals surface area contributed by atoms with Gasteiger partial charge >= 0.3 is 0 Å². The minimum absolute atomic E-state index is 0.103. The maximum atomic E-state index is 11.6. The van der Waals surface area contributed by atoms with Gasteiger partial charge in [-0.3, -0.25) is 0 Å². The Bertz CT molecular complexity index is 501. The second kappa shape index (κ2) is 8.24. The monoisotopic (exact) mass is 300 g/mol. The molecule has 0 atom stereocenters. The molecule has 0 saturated carbocycles. The van der Waals surface area contributed by atoms with E-state index >= 15 is 0 Å². The molecule has 1 aromatic carbocycles. The number of hydrogen-bond donors (Lipinski definition) is 1. The van der Waals surface area contributed by atoms with Gasteiger partial charge in [0.1, 0.15) is 5.75 Å². The summed E-state index contributed by atoms with van der Waals surface area (Å²) < 4.78 is 30.0. The van der Waals surface area contributed by atoms with Gasteiger partial charge in [-0.2, -0.15) is 0 Å². The molecule has 0 amide bonds. The lowest BCUT2D eigenvalue weighted by molar-refractivity contribution is 0.317. The smallest absolute Gasteiger partial charge is 0.214 e. The molecule has 0 spiro atoms. The number of nitrogens with zero attached hydrogens (tertiary/aromatic N) is 1. The summed E-state index contributed by atoms with van der Waals surface area (Å²) in [5, 5.41) is 3.13. The Hall–Kier alpha value is -1.11. The number of benzene rings is 1. The van der Waals surface area contributed by atoms with Crippen LogP contribution in [0.15, 0.2) is 24.3 Å². The second-order valence-corrected chi connectivity index (χ2v) is 7.07. The van der Waals surface area contributed by atoms with Crippen LogP contribution in [0.3, 0.4) is 0 Å². The first-order chi connectivity index (χ1) is 9.45. The van der Waals surface area contributed by atoms with Crippen molar-refractivity contribution in [1.29, 1.82) is 0 Å². The molecule has 1 N–H and O–H groups in total. The maximum absolute atomic E-state index is 11.6. The van der Waals surface area contributed by atoms with E-state index in [2.05, 4.69) is 12.2 Å². The largest absolute Gasteiger partial charge is 0.494 e. The van der Waals surface area contributed by atoms with E-state index in [1.807, 2.05) is 24.3 Å². The van der Waals surface area contributed by atoms with Crippen LogP contribution >= 0.6 is 0 Å². The zero-order chi connectivity index (χ0) is 15.0. The van der Waals surface area contributed by atoms with Crippen molar-refractivity contribution in [3.63, 3.8) is 0 Å². The highest BCUT2D eigenvalue weighted by atomic mass is 32.2. The molecular weight excluding hydrogens is 276 g/mol. The van der Waals surface area contributed by atoms with E-state index < -0.39 is 10.0 Å². The highest BCUT2D eigenvalue weighted by molar-refractivity contribution is 7.89. The molecule has 114 valence electrons.